The Labute approximate surface area is 90.3 Å². The number of esters is 1. The molecule has 0 radical (unpaired) electrons. The van der Waals surface area contributed by atoms with Gasteiger partial charge in [0, 0.05) is 26.5 Å². The molecule has 0 aliphatic rings. The summed E-state index contributed by atoms with van der Waals surface area (Å²) in [5, 5.41) is 0. The van der Waals surface area contributed by atoms with E-state index in [1.165, 1.54) is 20.1 Å². The summed E-state index contributed by atoms with van der Waals surface area (Å²) in [6, 6.07) is 0. The molecule has 0 amide bonds. The summed E-state index contributed by atoms with van der Waals surface area (Å²) in [6.07, 6.45) is 2.75. The SMILES string of the molecule is C=CCC(C)(OC(=O)C=C)OP(O)OC. The second kappa shape index (κ2) is 6.69. The number of ether oxygens (including phenoxy) is 1. The Bertz CT molecular complexity index is 243. The van der Waals surface area contributed by atoms with Crippen LogP contribution in [0.3, 0.4) is 0 Å². The van der Waals surface area contributed by atoms with Crippen molar-refractivity contribution in [1.29, 1.82) is 0 Å². The summed E-state index contributed by atoms with van der Waals surface area (Å²) in [7, 11) is -0.786. The van der Waals surface area contributed by atoms with Gasteiger partial charge in [-0.1, -0.05) is 12.7 Å². The molecule has 2 unspecified atom stereocenters. The van der Waals surface area contributed by atoms with Crippen LogP contribution in [0.2, 0.25) is 0 Å². The normalized spacial score (nSPS) is 16.2. The molecule has 0 fully saturated rings. The summed E-state index contributed by atoms with van der Waals surface area (Å²) in [4.78, 5) is 20.2. The zero-order chi connectivity index (χ0) is 11.9. The van der Waals surface area contributed by atoms with Crippen LogP contribution in [0.4, 0.5) is 0 Å². The van der Waals surface area contributed by atoms with Crippen LogP contribution in [0.15, 0.2) is 25.3 Å². The fraction of sp³-hybridized carbons (Fsp3) is 0.444. The van der Waals surface area contributed by atoms with E-state index in [4.69, 9.17) is 9.26 Å². The second-order valence-corrected chi connectivity index (χ2v) is 3.79. The third-order valence-electron chi connectivity index (χ3n) is 1.43. The molecule has 1 N–H and O–H groups in total. The molecule has 6 heteroatoms. The van der Waals surface area contributed by atoms with Crippen LogP contribution in [0, 0.1) is 0 Å². The monoisotopic (exact) mass is 234 g/mol. The van der Waals surface area contributed by atoms with Gasteiger partial charge in [0.2, 0.25) is 5.79 Å². The smallest absolute Gasteiger partial charge is 0.333 e. The summed E-state index contributed by atoms with van der Waals surface area (Å²) < 4.78 is 14.5. The van der Waals surface area contributed by atoms with Crippen molar-refractivity contribution >= 4 is 14.6 Å². The van der Waals surface area contributed by atoms with E-state index < -0.39 is 20.4 Å². The summed E-state index contributed by atoms with van der Waals surface area (Å²) >= 11 is 0. The maximum atomic E-state index is 11.0. The van der Waals surface area contributed by atoms with E-state index in [1.54, 1.807) is 0 Å². The fourth-order valence-corrected chi connectivity index (χ4v) is 1.33. The molecular formula is C9H15O5P. The quantitative estimate of drug-likeness (QED) is 0.239. The van der Waals surface area contributed by atoms with Crippen molar-refractivity contribution in [1.82, 2.24) is 0 Å². The van der Waals surface area contributed by atoms with Crippen molar-refractivity contribution in [3.63, 3.8) is 0 Å². The van der Waals surface area contributed by atoms with Crippen molar-refractivity contribution in [2.75, 3.05) is 7.11 Å². The third kappa shape index (κ3) is 5.64. The van der Waals surface area contributed by atoms with Crippen LogP contribution in [-0.2, 0) is 18.6 Å². The van der Waals surface area contributed by atoms with E-state index in [0.717, 1.165) is 6.08 Å². The average molecular weight is 234 g/mol. The minimum absolute atomic E-state index is 0.231. The van der Waals surface area contributed by atoms with Gasteiger partial charge in [-0.15, -0.1) is 6.58 Å². The molecule has 0 aromatic heterocycles. The van der Waals surface area contributed by atoms with Crippen LogP contribution < -0.4 is 0 Å². The van der Waals surface area contributed by atoms with E-state index in [9.17, 15) is 9.69 Å². The maximum Gasteiger partial charge on any atom is 0.333 e. The van der Waals surface area contributed by atoms with Crippen molar-refractivity contribution in [3.05, 3.63) is 25.3 Å². The van der Waals surface area contributed by atoms with Gasteiger partial charge in [-0.25, -0.2) is 4.79 Å². The molecule has 15 heavy (non-hydrogen) atoms. The van der Waals surface area contributed by atoms with E-state index in [-0.39, 0.29) is 6.42 Å². The van der Waals surface area contributed by atoms with Crippen molar-refractivity contribution in [3.8, 4) is 0 Å². The van der Waals surface area contributed by atoms with E-state index in [2.05, 4.69) is 17.7 Å². The minimum Gasteiger partial charge on any atom is -0.429 e. The number of hydrogen-bond donors (Lipinski definition) is 1. The molecule has 0 saturated carbocycles. The molecule has 0 aliphatic heterocycles. The van der Waals surface area contributed by atoms with Gasteiger partial charge in [0.15, 0.2) is 0 Å². The molecule has 86 valence electrons. The first-order valence-electron chi connectivity index (χ1n) is 4.16. The lowest BCUT2D eigenvalue weighted by molar-refractivity contribution is -0.187. The van der Waals surface area contributed by atoms with Gasteiger partial charge in [-0.3, -0.25) is 4.52 Å². The van der Waals surface area contributed by atoms with Crippen molar-refractivity contribution in [2.45, 2.75) is 19.1 Å². The average Bonchev–Trinajstić information content (AvgIpc) is 2.17. The standard InChI is InChI=1S/C9H15O5P/c1-5-7-9(3,13-8(10)6-2)14-15(11)12-4/h5-6,11H,1-2,7H2,3-4H3. The van der Waals surface area contributed by atoms with E-state index >= 15 is 0 Å². The molecule has 0 aromatic carbocycles. The zero-order valence-corrected chi connectivity index (χ0v) is 9.70. The first-order valence-corrected chi connectivity index (χ1v) is 5.29. The Morgan fingerprint density at radius 1 is 1.60 bits per heavy atom. The molecule has 0 aromatic rings. The summed E-state index contributed by atoms with van der Waals surface area (Å²) in [6.45, 7) is 8.26. The number of carbonyl (C=O) groups excluding carboxylic acids is 1. The van der Waals surface area contributed by atoms with Gasteiger partial charge in [0.1, 0.15) is 0 Å². The summed E-state index contributed by atoms with van der Waals surface area (Å²) in [5.41, 5.74) is 0. The van der Waals surface area contributed by atoms with Crippen LogP contribution >= 0.6 is 8.60 Å². The van der Waals surface area contributed by atoms with E-state index in [1.807, 2.05) is 0 Å². The van der Waals surface area contributed by atoms with Crippen molar-refractivity contribution < 1.29 is 23.5 Å². The molecule has 0 bridgehead atoms. The predicted molar refractivity (Wildman–Crippen MR) is 56.7 cm³/mol. The third-order valence-corrected chi connectivity index (χ3v) is 2.28. The van der Waals surface area contributed by atoms with Gasteiger partial charge in [-0.05, 0) is 0 Å². The Morgan fingerprint density at radius 2 is 2.20 bits per heavy atom. The molecule has 0 spiro atoms. The largest absolute Gasteiger partial charge is 0.429 e. The Balaban J connectivity index is 4.49. The first-order chi connectivity index (χ1) is 6.97. The lowest BCUT2D eigenvalue weighted by Gasteiger charge is -2.28. The molecule has 5 nitrogen and oxygen atoms in total. The Hall–Kier alpha value is -0.740. The Kier molecular flexibility index (Phi) is 6.36. The highest BCUT2D eigenvalue weighted by atomic mass is 31.2. The molecule has 2 atom stereocenters. The number of carbonyl (C=O) groups is 1. The fourth-order valence-electron chi connectivity index (χ4n) is 0.817. The highest BCUT2D eigenvalue weighted by molar-refractivity contribution is 7.40. The van der Waals surface area contributed by atoms with Gasteiger partial charge >= 0.3 is 14.6 Å². The first kappa shape index (κ1) is 14.3. The summed E-state index contributed by atoms with van der Waals surface area (Å²) in [5.74, 6) is -1.93. The van der Waals surface area contributed by atoms with Crippen LogP contribution in [-0.4, -0.2) is 23.8 Å². The molecule has 0 aliphatic carbocycles. The highest BCUT2D eigenvalue weighted by Gasteiger charge is 2.31. The van der Waals surface area contributed by atoms with Gasteiger partial charge < -0.3 is 14.2 Å². The predicted octanol–water partition coefficient (Wildman–Crippen LogP) is 1.89. The zero-order valence-electron chi connectivity index (χ0n) is 8.80. The molecule has 0 saturated heterocycles. The maximum absolute atomic E-state index is 11.0. The van der Waals surface area contributed by atoms with Crippen LogP contribution in [0.25, 0.3) is 0 Å². The van der Waals surface area contributed by atoms with Crippen LogP contribution in [0.1, 0.15) is 13.3 Å². The molecule has 0 heterocycles. The van der Waals surface area contributed by atoms with Gasteiger partial charge in [0.05, 0.1) is 0 Å². The number of hydrogen-bond acceptors (Lipinski definition) is 5. The van der Waals surface area contributed by atoms with Crippen LogP contribution in [0.5, 0.6) is 0 Å². The van der Waals surface area contributed by atoms with Crippen molar-refractivity contribution in [2.24, 2.45) is 0 Å². The number of rotatable bonds is 7. The van der Waals surface area contributed by atoms with E-state index in [0.29, 0.717) is 0 Å². The molecule has 0 rings (SSSR count). The highest BCUT2D eigenvalue weighted by Crippen LogP contribution is 2.39. The Morgan fingerprint density at radius 3 is 2.60 bits per heavy atom. The molecular weight excluding hydrogens is 219 g/mol. The lowest BCUT2D eigenvalue weighted by Crippen LogP contribution is -2.32. The minimum atomic E-state index is -2.07. The second-order valence-electron chi connectivity index (χ2n) is 2.76. The lowest BCUT2D eigenvalue weighted by atomic mass is 10.2. The van der Waals surface area contributed by atoms with Gasteiger partial charge in [-0.2, -0.15) is 0 Å². The van der Waals surface area contributed by atoms with Gasteiger partial charge in [0.25, 0.3) is 0 Å². The topological polar surface area (TPSA) is 65.0 Å².